The minimum absolute atomic E-state index is 0.105. The Morgan fingerprint density at radius 1 is 0.276 bits per heavy atom. The van der Waals surface area contributed by atoms with E-state index in [-0.39, 0.29) is 37.5 Å². The van der Waals surface area contributed by atoms with E-state index in [1.54, 1.807) is 0 Å². The van der Waals surface area contributed by atoms with Crippen LogP contribution in [0, 0.1) is 0 Å². The SMILES string of the molecule is CC/C=C\C/C=C\C/C=C\C/C=C\C/C=C\C/C=C\C/C=C\C/C=C\C/C=C\CCCC(=O)OCC(COC(=O)CCCCCCC/C=C\CCCCC)OC(=O)CCCCCCCCC/C=C\CCCCCCCC. The van der Waals surface area contributed by atoms with Gasteiger partial charge >= 0.3 is 17.9 Å². The lowest BCUT2D eigenvalue weighted by Gasteiger charge is -2.18. The molecular weight excluding hydrogens is 937 g/mol. The van der Waals surface area contributed by atoms with Gasteiger partial charge in [0.05, 0.1) is 0 Å². The fourth-order valence-electron chi connectivity index (χ4n) is 8.20. The summed E-state index contributed by atoms with van der Waals surface area (Å²) in [5, 5.41) is 0. The molecule has 0 aromatic heterocycles. The van der Waals surface area contributed by atoms with Crippen LogP contribution in [0.25, 0.3) is 0 Å². The monoisotopic (exact) mass is 1050 g/mol. The van der Waals surface area contributed by atoms with Crippen LogP contribution >= 0.6 is 0 Å². The highest BCUT2D eigenvalue weighted by Crippen LogP contribution is 2.14. The minimum atomic E-state index is -0.812. The topological polar surface area (TPSA) is 78.9 Å². The highest BCUT2D eigenvalue weighted by molar-refractivity contribution is 5.71. The standard InChI is InChI=1S/C70H114O6/c1-4-7-10-13-16-19-22-25-27-29-30-31-32-33-34-35-36-37-38-39-40-42-43-45-48-51-54-57-60-63-69(72)75-66-67(65-74-68(71)62-59-56-53-50-47-24-21-18-15-12-9-6-3)76-70(73)64-61-58-55-52-49-46-44-41-28-26-23-20-17-14-11-8-5-2/h7,10,16,18-19,21,25-28,30-31,33-34,36-37,39-40,43,45,51,54,67H,4-6,8-9,11-15,17,20,22-24,29,32,35,38,41-42,44,46-50,52-53,55-66H2,1-3H3/b10-7-,19-16-,21-18-,27-25-,28-26-,31-30-,34-33-,37-36-,40-39-,45-43-,54-51-. The summed E-state index contributed by atoms with van der Waals surface area (Å²) in [6.45, 7) is 6.44. The van der Waals surface area contributed by atoms with Crippen molar-refractivity contribution in [2.24, 2.45) is 0 Å². The van der Waals surface area contributed by atoms with Gasteiger partial charge in [-0.05, 0) is 135 Å². The van der Waals surface area contributed by atoms with E-state index in [4.69, 9.17) is 14.2 Å². The summed E-state index contributed by atoms with van der Waals surface area (Å²) in [4.78, 5) is 38.2. The molecule has 0 bridgehead atoms. The van der Waals surface area contributed by atoms with Gasteiger partial charge in [-0.3, -0.25) is 14.4 Å². The number of esters is 3. The number of hydrogen-bond donors (Lipinski definition) is 0. The maximum Gasteiger partial charge on any atom is 0.306 e. The lowest BCUT2D eigenvalue weighted by molar-refractivity contribution is -0.167. The van der Waals surface area contributed by atoms with Crippen molar-refractivity contribution in [2.75, 3.05) is 13.2 Å². The molecule has 430 valence electrons. The minimum Gasteiger partial charge on any atom is -0.462 e. The van der Waals surface area contributed by atoms with Crippen molar-refractivity contribution in [1.82, 2.24) is 0 Å². The molecule has 0 saturated carbocycles. The van der Waals surface area contributed by atoms with Crippen LogP contribution in [0.15, 0.2) is 134 Å². The van der Waals surface area contributed by atoms with E-state index in [9.17, 15) is 14.4 Å². The predicted molar refractivity (Wildman–Crippen MR) is 329 cm³/mol. The first kappa shape index (κ1) is 71.5. The molecule has 0 saturated heterocycles. The molecule has 1 atom stereocenters. The van der Waals surface area contributed by atoms with Crippen molar-refractivity contribution in [3.8, 4) is 0 Å². The van der Waals surface area contributed by atoms with Crippen LogP contribution in [0.3, 0.4) is 0 Å². The van der Waals surface area contributed by atoms with E-state index in [2.05, 4.69) is 154 Å². The molecule has 0 aliphatic heterocycles. The summed E-state index contributed by atoms with van der Waals surface area (Å²) in [5.74, 6) is -0.981. The Morgan fingerprint density at radius 3 is 0.895 bits per heavy atom. The average molecular weight is 1050 g/mol. The molecule has 1 unspecified atom stereocenters. The lowest BCUT2D eigenvalue weighted by atomic mass is 10.1. The number of carbonyl (C=O) groups is 3. The molecule has 0 fully saturated rings. The van der Waals surface area contributed by atoms with E-state index < -0.39 is 6.10 Å². The molecule has 0 aromatic carbocycles. The molecule has 0 amide bonds. The quantitative estimate of drug-likeness (QED) is 0.0261. The van der Waals surface area contributed by atoms with E-state index in [1.807, 2.05) is 0 Å². The number of ether oxygens (including phenoxy) is 3. The highest BCUT2D eigenvalue weighted by Gasteiger charge is 2.19. The third-order valence-electron chi connectivity index (χ3n) is 12.9. The molecule has 0 heterocycles. The normalized spacial score (nSPS) is 13.0. The van der Waals surface area contributed by atoms with Gasteiger partial charge in [0.2, 0.25) is 0 Å². The Labute approximate surface area is 468 Å². The summed E-state index contributed by atoms with van der Waals surface area (Å²) >= 11 is 0. The summed E-state index contributed by atoms with van der Waals surface area (Å²) in [6, 6.07) is 0. The van der Waals surface area contributed by atoms with E-state index in [0.717, 1.165) is 116 Å². The van der Waals surface area contributed by atoms with E-state index in [1.165, 1.54) is 109 Å². The third kappa shape index (κ3) is 60.4. The molecule has 0 N–H and O–H groups in total. The molecule has 6 heteroatoms. The van der Waals surface area contributed by atoms with Gasteiger partial charge in [0.1, 0.15) is 13.2 Å². The Balaban J connectivity index is 4.43. The Bertz CT molecular complexity index is 1630. The second-order valence-electron chi connectivity index (χ2n) is 20.2. The first-order valence-electron chi connectivity index (χ1n) is 31.2. The second kappa shape index (κ2) is 63.1. The summed E-state index contributed by atoms with van der Waals surface area (Å²) < 4.78 is 16.8. The number of hydrogen-bond acceptors (Lipinski definition) is 6. The summed E-state index contributed by atoms with van der Waals surface area (Å²) in [7, 11) is 0. The van der Waals surface area contributed by atoms with Gasteiger partial charge in [-0.1, -0.05) is 251 Å². The average Bonchev–Trinajstić information content (AvgIpc) is 3.42. The lowest BCUT2D eigenvalue weighted by Crippen LogP contribution is -2.30. The van der Waals surface area contributed by atoms with E-state index in [0.29, 0.717) is 19.3 Å². The first-order chi connectivity index (χ1) is 37.5. The number of allylic oxidation sites excluding steroid dienone is 22. The fourth-order valence-corrected chi connectivity index (χ4v) is 8.20. The third-order valence-corrected chi connectivity index (χ3v) is 12.9. The summed E-state index contributed by atoms with van der Waals surface area (Å²) in [5.41, 5.74) is 0. The van der Waals surface area contributed by atoms with Crippen LogP contribution in [-0.4, -0.2) is 37.2 Å². The van der Waals surface area contributed by atoms with Gasteiger partial charge < -0.3 is 14.2 Å². The van der Waals surface area contributed by atoms with Crippen molar-refractivity contribution < 1.29 is 28.6 Å². The van der Waals surface area contributed by atoms with Crippen LogP contribution in [0.4, 0.5) is 0 Å². The summed E-state index contributed by atoms with van der Waals surface area (Å²) in [6.07, 6.45) is 88.9. The van der Waals surface area contributed by atoms with Gasteiger partial charge in [0.15, 0.2) is 6.10 Å². The molecule has 0 rings (SSSR count). The zero-order valence-corrected chi connectivity index (χ0v) is 49.2. The van der Waals surface area contributed by atoms with Gasteiger partial charge in [-0.15, -0.1) is 0 Å². The molecule has 0 aliphatic rings. The van der Waals surface area contributed by atoms with Crippen LogP contribution in [0.2, 0.25) is 0 Å². The van der Waals surface area contributed by atoms with Crippen molar-refractivity contribution in [1.29, 1.82) is 0 Å². The maximum absolute atomic E-state index is 12.9. The van der Waals surface area contributed by atoms with Gasteiger partial charge in [0, 0.05) is 19.3 Å². The number of carbonyl (C=O) groups excluding carboxylic acids is 3. The second-order valence-corrected chi connectivity index (χ2v) is 20.2. The molecule has 76 heavy (non-hydrogen) atoms. The molecule has 0 aromatic rings. The van der Waals surface area contributed by atoms with Gasteiger partial charge in [0.25, 0.3) is 0 Å². The predicted octanol–water partition coefficient (Wildman–Crippen LogP) is 21.4. The zero-order chi connectivity index (χ0) is 55.0. The Hall–Kier alpha value is -4.45. The van der Waals surface area contributed by atoms with Crippen LogP contribution in [0.1, 0.15) is 271 Å². The molecule has 0 spiro atoms. The maximum atomic E-state index is 12.9. The molecule has 0 radical (unpaired) electrons. The highest BCUT2D eigenvalue weighted by atomic mass is 16.6. The number of unbranched alkanes of at least 4 members (excludes halogenated alkanes) is 22. The first-order valence-corrected chi connectivity index (χ1v) is 31.2. The Kier molecular flexibility index (Phi) is 59.4. The van der Waals surface area contributed by atoms with Crippen LogP contribution in [0.5, 0.6) is 0 Å². The number of rotatable bonds is 55. The van der Waals surface area contributed by atoms with Gasteiger partial charge in [-0.25, -0.2) is 0 Å². The van der Waals surface area contributed by atoms with E-state index >= 15 is 0 Å². The fraction of sp³-hybridized carbons (Fsp3) is 0.643. The van der Waals surface area contributed by atoms with Crippen molar-refractivity contribution in [3.05, 3.63) is 134 Å². The molecule has 6 nitrogen and oxygen atoms in total. The van der Waals surface area contributed by atoms with Crippen molar-refractivity contribution >= 4 is 17.9 Å². The Morgan fingerprint density at radius 2 is 0.526 bits per heavy atom. The largest absolute Gasteiger partial charge is 0.462 e. The van der Waals surface area contributed by atoms with Crippen LogP contribution < -0.4 is 0 Å². The molecular formula is C70H114O6. The molecule has 0 aliphatic carbocycles. The van der Waals surface area contributed by atoms with Crippen LogP contribution in [-0.2, 0) is 28.6 Å². The zero-order valence-electron chi connectivity index (χ0n) is 49.2. The smallest absolute Gasteiger partial charge is 0.306 e. The van der Waals surface area contributed by atoms with Gasteiger partial charge in [-0.2, -0.15) is 0 Å². The van der Waals surface area contributed by atoms with Crippen molar-refractivity contribution in [3.63, 3.8) is 0 Å². The van der Waals surface area contributed by atoms with Crippen molar-refractivity contribution in [2.45, 2.75) is 277 Å².